The van der Waals surface area contributed by atoms with Crippen molar-refractivity contribution in [3.63, 3.8) is 0 Å². The topological polar surface area (TPSA) is 140 Å². The molecule has 0 saturated heterocycles. The van der Waals surface area contributed by atoms with Gasteiger partial charge in [0.2, 0.25) is 5.78 Å². The largest absolute Gasteiger partial charge is 0.508 e. The molecule has 26 heavy (non-hydrogen) atoms. The molecule has 2 aromatic rings. The summed E-state index contributed by atoms with van der Waals surface area (Å²) in [5.74, 6) is -1.98. The molecule has 0 aliphatic rings. The first-order chi connectivity index (χ1) is 12.2. The third-order valence-corrected chi connectivity index (χ3v) is 3.40. The van der Waals surface area contributed by atoms with E-state index < -0.39 is 33.8 Å². The fourth-order valence-corrected chi connectivity index (χ4v) is 2.21. The van der Waals surface area contributed by atoms with Crippen LogP contribution in [0.4, 0.5) is 5.69 Å². The molecular weight excluding hydrogens is 344 g/mol. The third kappa shape index (κ3) is 4.01. The second-order valence-electron chi connectivity index (χ2n) is 5.25. The van der Waals surface area contributed by atoms with E-state index >= 15 is 0 Å². The van der Waals surface area contributed by atoms with Crippen molar-refractivity contribution in [1.29, 1.82) is 0 Å². The summed E-state index contributed by atoms with van der Waals surface area (Å²) in [5, 5.41) is 29.8. The Bertz CT molecular complexity index is 935. The number of hydrogen-bond donors (Lipinski definition) is 2. The number of phenols is 1. The number of hydrogen-bond acceptors (Lipinski definition) is 7. The minimum absolute atomic E-state index is 0.0717. The second-order valence-corrected chi connectivity index (χ2v) is 5.25. The van der Waals surface area contributed by atoms with Crippen molar-refractivity contribution < 1.29 is 29.5 Å². The summed E-state index contributed by atoms with van der Waals surface area (Å²) in [4.78, 5) is 37.5. The van der Waals surface area contributed by atoms with Gasteiger partial charge >= 0.3 is 5.97 Å². The van der Waals surface area contributed by atoms with Crippen LogP contribution in [0, 0.1) is 17.0 Å². The van der Waals surface area contributed by atoms with Crippen LogP contribution in [0.3, 0.4) is 0 Å². The lowest BCUT2D eigenvalue weighted by Gasteiger charge is -2.04. The van der Waals surface area contributed by atoms with Gasteiger partial charge in [-0.25, -0.2) is 9.78 Å². The van der Waals surface area contributed by atoms with E-state index in [-0.39, 0.29) is 11.3 Å². The predicted molar refractivity (Wildman–Crippen MR) is 90.6 cm³/mol. The summed E-state index contributed by atoms with van der Waals surface area (Å²) in [7, 11) is 1.40. The SMILES string of the molecule is COc1cc(O)cc(C=CC(=O)c2nc(C(=O)O)c(C)cc2[N+](=O)[O-])c1. The number of ether oxygens (including phenoxy) is 1. The third-order valence-electron chi connectivity index (χ3n) is 3.40. The summed E-state index contributed by atoms with van der Waals surface area (Å²) in [6.45, 7) is 1.35. The Balaban J connectivity index is 2.46. The monoisotopic (exact) mass is 358 g/mol. The van der Waals surface area contributed by atoms with Crippen LogP contribution in [0.1, 0.15) is 32.1 Å². The molecule has 0 aliphatic carbocycles. The molecule has 0 fully saturated rings. The molecule has 9 heteroatoms. The lowest BCUT2D eigenvalue weighted by atomic mass is 10.1. The van der Waals surface area contributed by atoms with Gasteiger partial charge in [0.05, 0.1) is 12.0 Å². The first-order valence-electron chi connectivity index (χ1n) is 7.22. The van der Waals surface area contributed by atoms with E-state index in [9.17, 15) is 24.8 Å². The minimum atomic E-state index is -1.40. The summed E-state index contributed by atoms with van der Waals surface area (Å²) >= 11 is 0. The summed E-state index contributed by atoms with van der Waals surface area (Å²) in [5.41, 5.74) is -1.13. The number of carboxylic acids is 1. The van der Waals surface area contributed by atoms with Gasteiger partial charge < -0.3 is 14.9 Å². The van der Waals surface area contributed by atoms with Crippen LogP contribution in [0.2, 0.25) is 0 Å². The molecule has 1 aromatic carbocycles. The van der Waals surface area contributed by atoms with E-state index in [4.69, 9.17) is 9.84 Å². The molecule has 2 rings (SSSR count). The Morgan fingerprint density at radius 3 is 2.50 bits per heavy atom. The first-order valence-corrected chi connectivity index (χ1v) is 7.22. The fraction of sp³-hybridized carbons (Fsp3) is 0.118. The second kappa shape index (κ2) is 7.43. The number of carboxylic acid groups (broad SMARTS) is 1. The number of allylic oxidation sites excluding steroid dienone is 1. The molecule has 0 amide bonds. The maximum Gasteiger partial charge on any atom is 0.354 e. The van der Waals surface area contributed by atoms with E-state index in [1.165, 1.54) is 38.3 Å². The molecule has 0 atom stereocenters. The van der Waals surface area contributed by atoms with Gasteiger partial charge in [-0.3, -0.25) is 14.9 Å². The van der Waals surface area contributed by atoms with E-state index in [0.717, 1.165) is 12.1 Å². The average molecular weight is 358 g/mol. The maximum absolute atomic E-state index is 12.3. The standard InChI is InChI=1S/C17H14N2O7/c1-9-5-13(19(24)25)16(18-15(9)17(22)23)14(21)4-3-10-6-11(20)8-12(7-10)26-2/h3-8,20H,1-2H3,(H,22,23). The number of aromatic carboxylic acids is 1. The van der Waals surface area contributed by atoms with E-state index in [1.807, 2.05) is 0 Å². The maximum atomic E-state index is 12.3. The molecule has 1 aromatic heterocycles. The van der Waals surface area contributed by atoms with Gasteiger partial charge in [-0.15, -0.1) is 0 Å². The van der Waals surface area contributed by atoms with Crippen LogP contribution in [-0.4, -0.2) is 39.0 Å². The Morgan fingerprint density at radius 1 is 1.23 bits per heavy atom. The molecule has 2 N–H and O–H groups in total. The molecule has 0 radical (unpaired) electrons. The number of nitro groups is 1. The summed E-state index contributed by atoms with van der Waals surface area (Å²) < 4.78 is 4.99. The zero-order valence-corrected chi connectivity index (χ0v) is 13.8. The van der Waals surface area contributed by atoms with Crippen molar-refractivity contribution >= 4 is 23.5 Å². The highest BCUT2D eigenvalue weighted by Gasteiger charge is 2.25. The van der Waals surface area contributed by atoms with Gasteiger partial charge in [0.1, 0.15) is 11.5 Å². The highest BCUT2D eigenvalue weighted by atomic mass is 16.6. The lowest BCUT2D eigenvalue weighted by molar-refractivity contribution is -0.385. The average Bonchev–Trinajstić information content (AvgIpc) is 2.58. The lowest BCUT2D eigenvalue weighted by Crippen LogP contribution is -2.11. The quantitative estimate of drug-likeness (QED) is 0.347. The number of ketones is 1. The number of benzene rings is 1. The zero-order valence-electron chi connectivity index (χ0n) is 13.8. The van der Waals surface area contributed by atoms with Gasteiger partial charge in [-0.1, -0.05) is 6.08 Å². The molecule has 0 aliphatic heterocycles. The van der Waals surface area contributed by atoms with Crippen molar-refractivity contribution in [1.82, 2.24) is 4.98 Å². The van der Waals surface area contributed by atoms with Gasteiger partial charge in [-0.2, -0.15) is 0 Å². The van der Waals surface area contributed by atoms with Gasteiger partial charge in [0, 0.05) is 12.1 Å². The van der Waals surface area contributed by atoms with E-state index in [2.05, 4.69) is 4.98 Å². The number of carbonyl (C=O) groups excluding carboxylic acids is 1. The van der Waals surface area contributed by atoms with Crippen LogP contribution in [-0.2, 0) is 0 Å². The number of pyridine rings is 1. The van der Waals surface area contributed by atoms with Crippen molar-refractivity contribution in [3.8, 4) is 11.5 Å². The normalized spacial score (nSPS) is 10.7. The number of phenolic OH excluding ortho intramolecular Hbond substituents is 1. The zero-order chi connectivity index (χ0) is 19.4. The number of aromatic hydroxyl groups is 1. The highest BCUT2D eigenvalue weighted by Crippen LogP contribution is 2.24. The molecule has 0 bridgehead atoms. The van der Waals surface area contributed by atoms with Crippen molar-refractivity contribution in [3.05, 3.63) is 63.0 Å². The molecule has 1 heterocycles. The minimum Gasteiger partial charge on any atom is -0.508 e. The van der Waals surface area contributed by atoms with E-state index in [0.29, 0.717) is 11.3 Å². The van der Waals surface area contributed by atoms with Crippen molar-refractivity contribution in [2.45, 2.75) is 6.92 Å². The number of methoxy groups -OCH3 is 1. The molecule has 9 nitrogen and oxygen atoms in total. The van der Waals surface area contributed by atoms with Gasteiger partial charge in [0.15, 0.2) is 11.4 Å². The fourth-order valence-electron chi connectivity index (χ4n) is 2.21. The Morgan fingerprint density at radius 2 is 1.92 bits per heavy atom. The van der Waals surface area contributed by atoms with Crippen LogP contribution in [0.5, 0.6) is 11.5 Å². The number of aryl methyl sites for hydroxylation is 1. The molecular formula is C17H14N2O7. The Kier molecular flexibility index (Phi) is 5.31. The first kappa shape index (κ1) is 18.6. The van der Waals surface area contributed by atoms with Crippen LogP contribution in [0.15, 0.2) is 30.3 Å². The van der Waals surface area contributed by atoms with Crippen molar-refractivity contribution in [2.24, 2.45) is 0 Å². The van der Waals surface area contributed by atoms with Gasteiger partial charge in [0.25, 0.3) is 5.69 Å². The number of nitrogens with zero attached hydrogens (tertiary/aromatic N) is 2. The molecule has 134 valence electrons. The molecule has 0 saturated carbocycles. The van der Waals surface area contributed by atoms with Gasteiger partial charge in [-0.05, 0) is 36.3 Å². The van der Waals surface area contributed by atoms with Crippen LogP contribution < -0.4 is 4.74 Å². The number of rotatable bonds is 6. The van der Waals surface area contributed by atoms with E-state index in [1.54, 1.807) is 0 Å². The molecule has 0 unspecified atom stereocenters. The number of carbonyl (C=O) groups is 2. The highest BCUT2D eigenvalue weighted by molar-refractivity contribution is 6.08. The smallest absolute Gasteiger partial charge is 0.354 e. The van der Waals surface area contributed by atoms with Crippen LogP contribution >= 0.6 is 0 Å². The van der Waals surface area contributed by atoms with Crippen LogP contribution in [0.25, 0.3) is 6.08 Å². The predicted octanol–water partition coefficient (Wildman–Crippen LogP) is 2.61. The Labute approximate surface area is 147 Å². The summed E-state index contributed by atoms with van der Waals surface area (Å²) in [6.07, 6.45) is 2.31. The van der Waals surface area contributed by atoms with Crippen molar-refractivity contribution in [2.75, 3.05) is 7.11 Å². The number of aromatic nitrogens is 1. The summed E-state index contributed by atoms with van der Waals surface area (Å²) in [6, 6.07) is 5.24. The Hall–Kier alpha value is -3.75. The molecule has 0 spiro atoms.